The number of nitrogens with one attached hydrogen (secondary N) is 3. The molecule has 2 aliphatic rings. The molecule has 2 aliphatic heterocycles. The third-order valence-corrected chi connectivity index (χ3v) is 6.47. The quantitative estimate of drug-likeness (QED) is 0.137. The number of hydrogen-bond acceptors (Lipinski definition) is 9. The third kappa shape index (κ3) is 7.36. The second-order valence-electron chi connectivity index (χ2n) is 9.21. The zero-order valence-electron chi connectivity index (χ0n) is 20.9. The Labute approximate surface area is 213 Å². The van der Waals surface area contributed by atoms with E-state index in [0.717, 1.165) is 0 Å². The van der Waals surface area contributed by atoms with E-state index in [-0.39, 0.29) is 13.1 Å². The van der Waals surface area contributed by atoms with Gasteiger partial charge >= 0.3 is 5.97 Å². The number of carboxylic acids is 1. The van der Waals surface area contributed by atoms with Gasteiger partial charge in [-0.1, -0.05) is 0 Å². The number of nitrogens with two attached hydrogens (primary N) is 1. The highest BCUT2D eigenvalue weighted by Crippen LogP contribution is 2.25. The predicted molar refractivity (Wildman–Crippen MR) is 126 cm³/mol. The molecule has 0 aromatic heterocycles. The SMILES string of the molecule is C[C@H](NC(=O)[C@@H]1CCCN1C(=O)[C@@H]1CCCN1C(=O)[C@H](C)NC(=O)[C@H](CO)NC(=O)[C@@H](N)CO)C(=O)O. The fourth-order valence-corrected chi connectivity index (χ4v) is 4.33. The van der Waals surface area contributed by atoms with E-state index in [1.165, 1.54) is 23.6 Å². The van der Waals surface area contributed by atoms with Crippen molar-refractivity contribution in [2.24, 2.45) is 5.73 Å². The van der Waals surface area contributed by atoms with E-state index in [2.05, 4.69) is 16.0 Å². The van der Waals surface area contributed by atoms with E-state index >= 15 is 0 Å². The monoisotopic (exact) mass is 528 g/mol. The Morgan fingerprint density at radius 2 is 1.43 bits per heavy atom. The number of hydrogen-bond donors (Lipinski definition) is 7. The molecule has 2 fully saturated rings. The van der Waals surface area contributed by atoms with Gasteiger partial charge in [-0.25, -0.2) is 0 Å². The van der Waals surface area contributed by atoms with Crippen LogP contribution in [0.25, 0.3) is 0 Å². The molecule has 0 aliphatic carbocycles. The number of likely N-dealkylation sites (tertiary alicyclic amines) is 2. The van der Waals surface area contributed by atoms with Crippen molar-refractivity contribution in [3.63, 3.8) is 0 Å². The first-order chi connectivity index (χ1) is 17.4. The number of carbonyl (C=O) groups is 6. The standard InChI is InChI=1S/C22H36N6O9/c1-11(24-18(32)14(10-30)26-17(31)13(23)9-29)20(34)28-8-4-6-16(28)21(35)27-7-3-5-15(27)19(33)25-12(2)22(36)37/h11-16,29-30H,3-10,23H2,1-2H3,(H,24,32)(H,25,33)(H,26,31)(H,36,37)/t11-,12-,13-,14-,15-,16-/m0/s1. The van der Waals surface area contributed by atoms with E-state index in [1.807, 2.05) is 0 Å². The molecule has 0 bridgehead atoms. The summed E-state index contributed by atoms with van der Waals surface area (Å²) in [6, 6.07) is -6.62. The van der Waals surface area contributed by atoms with Gasteiger partial charge in [0.05, 0.1) is 13.2 Å². The highest BCUT2D eigenvalue weighted by molar-refractivity contribution is 5.96. The van der Waals surface area contributed by atoms with Gasteiger partial charge in [0.15, 0.2) is 0 Å². The molecule has 0 radical (unpaired) electrons. The molecule has 0 unspecified atom stereocenters. The lowest BCUT2D eigenvalue weighted by atomic mass is 10.1. The fourth-order valence-electron chi connectivity index (χ4n) is 4.33. The Bertz CT molecular complexity index is 900. The first kappa shape index (κ1) is 29.9. The van der Waals surface area contributed by atoms with Crippen molar-refractivity contribution in [1.29, 1.82) is 0 Å². The molecule has 208 valence electrons. The number of carboxylic acid groups (broad SMARTS) is 1. The molecule has 0 aromatic rings. The predicted octanol–water partition coefficient (Wildman–Crippen LogP) is -4.14. The summed E-state index contributed by atoms with van der Waals surface area (Å²) in [6.07, 6.45) is 1.80. The van der Waals surface area contributed by atoms with Crippen molar-refractivity contribution in [2.45, 2.75) is 75.8 Å². The number of amides is 5. The van der Waals surface area contributed by atoms with Crippen LogP contribution < -0.4 is 21.7 Å². The molecule has 37 heavy (non-hydrogen) atoms. The first-order valence-corrected chi connectivity index (χ1v) is 12.1. The average molecular weight is 529 g/mol. The lowest BCUT2D eigenvalue weighted by molar-refractivity contribution is -0.148. The zero-order chi connectivity index (χ0) is 27.9. The molecular formula is C22H36N6O9. The summed E-state index contributed by atoms with van der Waals surface area (Å²) in [7, 11) is 0. The van der Waals surface area contributed by atoms with E-state index in [1.54, 1.807) is 0 Å². The highest BCUT2D eigenvalue weighted by atomic mass is 16.4. The maximum absolute atomic E-state index is 13.3. The molecule has 15 nitrogen and oxygen atoms in total. The molecule has 2 saturated heterocycles. The van der Waals surface area contributed by atoms with Crippen molar-refractivity contribution in [3.8, 4) is 0 Å². The van der Waals surface area contributed by atoms with E-state index in [9.17, 15) is 33.9 Å². The Balaban J connectivity index is 2.04. The van der Waals surface area contributed by atoms with Gasteiger partial charge in [0.25, 0.3) is 0 Å². The normalized spacial score (nSPS) is 22.5. The molecule has 6 atom stereocenters. The highest BCUT2D eigenvalue weighted by Gasteiger charge is 2.43. The van der Waals surface area contributed by atoms with E-state index < -0.39 is 85.0 Å². The third-order valence-electron chi connectivity index (χ3n) is 6.47. The minimum Gasteiger partial charge on any atom is -0.480 e. The first-order valence-electron chi connectivity index (χ1n) is 12.1. The van der Waals surface area contributed by atoms with Gasteiger partial charge in [0.2, 0.25) is 29.5 Å². The number of carbonyl (C=O) groups excluding carboxylic acids is 5. The van der Waals surface area contributed by atoms with E-state index in [4.69, 9.17) is 15.9 Å². The minimum absolute atomic E-state index is 0.252. The van der Waals surface area contributed by atoms with Gasteiger partial charge < -0.3 is 46.8 Å². The molecule has 5 amide bonds. The number of nitrogens with zero attached hydrogens (tertiary/aromatic N) is 2. The lowest BCUT2D eigenvalue weighted by Gasteiger charge is -2.32. The molecule has 2 heterocycles. The van der Waals surface area contributed by atoms with Crippen LogP contribution in [0.4, 0.5) is 0 Å². The lowest BCUT2D eigenvalue weighted by Crippen LogP contribution is -2.59. The maximum Gasteiger partial charge on any atom is 0.325 e. The van der Waals surface area contributed by atoms with Crippen LogP contribution in [-0.4, -0.2) is 123 Å². The van der Waals surface area contributed by atoms with Crippen molar-refractivity contribution in [1.82, 2.24) is 25.8 Å². The fraction of sp³-hybridized carbons (Fsp3) is 0.727. The molecule has 0 aromatic carbocycles. The largest absolute Gasteiger partial charge is 0.480 e. The molecule has 8 N–H and O–H groups in total. The van der Waals surface area contributed by atoms with E-state index in [0.29, 0.717) is 25.7 Å². The van der Waals surface area contributed by atoms with Gasteiger partial charge in [-0.3, -0.25) is 28.8 Å². The molecular weight excluding hydrogens is 492 g/mol. The van der Waals surface area contributed by atoms with Crippen LogP contribution in [0.5, 0.6) is 0 Å². The van der Waals surface area contributed by atoms with Gasteiger partial charge in [-0.15, -0.1) is 0 Å². The summed E-state index contributed by atoms with van der Waals surface area (Å²) in [4.78, 5) is 77.2. The van der Waals surface area contributed by atoms with Crippen LogP contribution in [0.15, 0.2) is 0 Å². The Morgan fingerprint density at radius 3 is 2.00 bits per heavy atom. The molecule has 0 saturated carbocycles. The van der Waals surface area contributed by atoms with Gasteiger partial charge in [-0.2, -0.15) is 0 Å². The van der Waals surface area contributed by atoms with Crippen molar-refractivity contribution < 1.29 is 44.1 Å². The average Bonchev–Trinajstić information content (AvgIpc) is 3.55. The Kier molecular flexibility index (Phi) is 10.8. The van der Waals surface area contributed by atoms with Crippen LogP contribution in [0.2, 0.25) is 0 Å². The van der Waals surface area contributed by atoms with Crippen LogP contribution >= 0.6 is 0 Å². The summed E-state index contributed by atoms with van der Waals surface area (Å²) < 4.78 is 0. The minimum atomic E-state index is -1.41. The van der Waals surface area contributed by atoms with Crippen LogP contribution in [-0.2, 0) is 28.8 Å². The smallest absolute Gasteiger partial charge is 0.325 e. The van der Waals surface area contributed by atoms with Gasteiger partial charge in [0, 0.05) is 13.1 Å². The number of aliphatic hydroxyl groups is 2. The van der Waals surface area contributed by atoms with Crippen molar-refractivity contribution in [3.05, 3.63) is 0 Å². The second-order valence-corrected chi connectivity index (χ2v) is 9.21. The topological polar surface area (TPSA) is 232 Å². The van der Waals surface area contributed by atoms with Crippen LogP contribution in [0.1, 0.15) is 39.5 Å². The summed E-state index contributed by atoms with van der Waals surface area (Å²) in [5.41, 5.74) is 5.39. The summed E-state index contributed by atoms with van der Waals surface area (Å²) in [5, 5.41) is 34.4. The van der Waals surface area contributed by atoms with Crippen LogP contribution in [0.3, 0.4) is 0 Å². The number of rotatable bonds is 11. The van der Waals surface area contributed by atoms with Gasteiger partial charge in [-0.05, 0) is 39.5 Å². The Morgan fingerprint density at radius 1 is 0.838 bits per heavy atom. The summed E-state index contributed by atoms with van der Waals surface area (Å²) in [5.74, 6) is -4.47. The maximum atomic E-state index is 13.3. The summed E-state index contributed by atoms with van der Waals surface area (Å²) in [6.45, 7) is 1.82. The molecule has 0 spiro atoms. The molecule has 2 rings (SSSR count). The molecule has 15 heteroatoms. The number of aliphatic hydroxyl groups excluding tert-OH is 2. The van der Waals surface area contributed by atoms with Crippen LogP contribution in [0, 0.1) is 0 Å². The number of aliphatic carboxylic acids is 1. The van der Waals surface area contributed by atoms with Crippen molar-refractivity contribution in [2.75, 3.05) is 26.3 Å². The second kappa shape index (κ2) is 13.3. The van der Waals surface area contributed by atoms with Gasteiger partial charge in [0.1, 0.15) is 36.3 Å². The zero-order valence-corrected chi connectivity index (χ0v) is 20.9. The van der Waals surface area contributed by atoms with Crippen molar-refractivity contribution >= 4 is 35.5 Å². The summed E-state index contributed by atoms with van der Waals surface area (Å²) >= 11 is 0. The Hall–Kier alpha value is -3.30.